The number of rotatable bonds is 9. The van der Waals surface area contributed by atoms with Crippen LogP contribution >= 0.6 is 23.5 Å². The molecule has 0 nitrogen and oxygen atoms in total. The molecule has 0 aliphatic carbocycles. The van der Waals surface area contributed by atoms with E-state index in [1.807, 2.05) is 23.5 Å². The molecule has 0 aliphatic heterocycles. The molecule has 124 valence electrons. The highest BCUT2D eigenvalue weighted by Crippen LogP contribution is 2.23. The fourth-order valence-electron chi connectivity index (χ4n) is 2.33. The summed E-state index contributed by atoms with van der Waals surface area (Å²) < 4.78 is 0. The molecule has 0 radical (unpaired) electrons. The summed E-state index contributed by atoms with van der Waals surface area (Å²) in [5.41, 5.74) is 5.48. The smallest absolute Gasteiger partial charge is 0.0184 e. The normalized spacial score (nSPS) is 11.1. The van der Waals surface area contributed by atoms with Crippen LogP contribution in [0.15, 0.2) is 48.5 Å². The van der Waals surface area contributed by atoms with Crippen LogP contribution in [0, 0.1) is 5.92 Å². The van der Waals surface area contributed by atoms with Gasteiger partial charge in [0, 0.05) is 11.5 Å². The first-order valence-corrected chi connectivity index (χ1v) is 10.8. The molecule has 2 aromatic rings. The van der Waals surface area contributed by atoms with Gasteiger partial charge in [-0.3, -0.25) is 0 Å². The highest BCUT2D eigenvalue weighted by atomic mass is 32.2. The third-order valence-electron chi connectivity index (χ3n) is 3.58. The van der Waals surface area contributed by atoms with E-state index in [0.717, 1.165) is 17.4 Å². The highest BCUT2D eigenvalue weighted by Gasteiger charge is 2.01. The third-order valence-corrected chi connectivity index (χ3v) is 6.25. The number of hydrogen-bond donors (Lipinski definition) is 0. The molecule has 2 aromatic carbocycles. The first-order chi connectivity index (χ1) is 11.2. The van der Waals surface area contributed by atoms with Crippen LogP contribution < -0.4 is 0 Å². The molecule has 23 heavy (non-hydrogen) atoms. The number of benzene rings is 2. The largest absolute Gasteiger partial charge is 0.157 e. The molecule has 0 saturated carbocycles. The minimum absolute atomic E-state index is 0.772. The van der Waals surface area contributed by atoms with Crippen LogP contribution in [0.3, 0.4) is 0 Å². The van der Waals surface area contributed by atoms with Crippen LogP contribution in [-0.4, -0.2) is 11.5 Å². The standard InChI is InChI=1S/C21H28S2/c1-4-13-22-15-18-5-9-20(10-6-18)21-11-7-19(8-12-21)16-23-14-17(2)3/h5-12,17H,4,13-16H2,1-3H3. The van der Waals surface area contributed by atoms with Crippen molar-refractivity contribution in [3.63, 3.8) is 0 Å². The van der Waals surface area contributed by atoms with Crippen molar-refractivity contribution >= 4 is 23.5 Å². The molecule has 0 bridgehead atoms. The SMILES string of the molecule is CCCSCc1ccc(-c2ccc(CSCC(C)C)cc2)cc1. The summed E-state index contributed by atoms with van der Waals surface area (Å²) in [5, 5.41) is 0. The first kappa shape index (κ1) is 18.5. The Balaban J connectivity index is 1.91. The van der Waals surface area contributed by atoms with Gasteiger partial charge in [-0.1, -0.05) is 69.3 Å². The number of thioether (sulfide) groups is 2. The zero-order valence-corrected chi connectivity index (χ0v) is 16.2. The van der Waals surface area contributed by atoms with Gasteiger partial charge in [0.05, 0.1) is 0 Å². The Hall–Kier alpha value is -0.860. The van der Waals surface area contributed by atoms with Crippen molar-refractivity contribution in [1.82, 2.24) is 0 Å². The molecule has 0 amide bonds. The Morgan fingerprint density at radius 3 is 1.65 bits per heavy atom. The Morgan fingerprint density at radius 2 is 1.22 bits per heavy atom. The van der Waals surface area contributed by atoms with Gasteiger partial charge in [-0.05, 0) is 46.1 Å². The van der Waals surface area contributed by atoms with Crippen LogP contribution in [-0.2, 0) is 11.5 Å². The van der Waals surface area contributed by atoms with E-state index in [0.29, 0.717) is 0 Å². The summed E-state index contributed by atoms with van der Waals surface area (Å²) in [4.78, 5) is 0. The summed E-state index contributed by atoms with van der Waals surface area (Å²) in [6.45, 7) is 6.79. The second-order valence-electron chi connectivity index (χ2n) is 6.36. The van der Waals surface area contributed by atoms with Gasteiger partial charge in [-0.25, -0.2) is 0 Å². The Kier molecular flexibility index (Phi) is 8.11. The average Bonchev–Trinajstić information content (AvgIpc) is 2.56. The zero-order chi connectivity index (χ0) is 16.5. The van der Waals surface area contributed by atoms with Crippen LogP contribution in [0.2, 0.25) is 0 Å². The quantitative estimate of drug-likeness (QED) is 0.454. The molecule has 2 heteroatoms. The van der Waals surface area contributed by atoms with E-state index in [1.165, 1.54) is 40.2 Å². The summed E-state index contributed by atoms with van der Waals surface area (Å²) in [6, 6.07) is 18.1. The van der Waals surface area contributed by atoms with Gasteiger partial charge in [0.25, 0.3) is 0 Å². The molecule has 0 heterocycles. The fraction of sp³-hybridized carbons (Fsp3) is 0.429. The molecule has 0 unspecified atom stereocenters. The van der Waals surface area contributed by atoms with Crippen LogP contribution in [0.1, 0.15) is 38.3 Å². The maximum Gasteiger partial charge on any atom is 0.0184 e. The Morgan fingerprint density at radius 1 is 0.739 bits per heavy atom. The van der Waals surface area contributed by atoms with E-state index >= 15 is 0 Å². The lowest BCUT2D eigenvalue weighted by molar-refractivity contribution is 0.750. The fourth-order valence-corrected chi connectivity index (χ4v) is 4.21. The lowest BCUT2D eigenvalue weighted by atomic mass is 10.0. The van der Waals surface area contributed by atoms with Crippen molar-refractivity contribution < 1.29 is 0 Å². The van der Waals surface area contributed by atoms with Gasteiger partial charge < -0.3 is 0 Å². The average molecular weight is 345 g/mol. The van der Waals surface area contributed by atoms with E-state index in [9.17, 15) is 0 Å². The van der Waals surface area contributed by atoms with E-state index in [4.69, 9.17) is 0 Å². The van der Waals surface area contributed by atoms with E-state index < -0.39 is 0 Å². The zero-order valence-electron chi connectivity index (χ0n) is 14.5. The maximum atomic E-state index is 2.28. The van der Waals surface area contributed by atoms with Crippen LogP contribution in [0.5, 0.6) is 0 Å². The second kappa shape index (κ2) is 10.1. The molecule has 0 aliphatic rings. The maximum absolute atomic E-state index is 2.28. The topological polar surface area (TPSA) is 0 Å². The predicted octanol–water partition coefficient (Wildman–Crippen LogP) is 6.89. The molecular weight excluding hydrogens is 316 g/mol. The summed E-state index contributed by atoms with van der Waals surface area (Å²) in [5.74, 6) is 5.50. The second-order valence-corrected chi connectivity index (χ2v) is 8.49. The first-order valence-electron chi connectivity index (χ1n) is 8.52. The molecule has 0 N–H and O–H groups in total. The molecule has 0 saturated heterocycles. The third kappa shape index (κ3) is 6.64. The van der Waals surface area contributed by atoms with Gasteiger partial charge in [-0.2, -0.15) is 23.5 Å². The summed E-state index contributed by atoms with van der Waals surface area (Å²) in [6.07, 6.45) is 1.25. The molecular formula is C21H28S2. The van der Waals surface area contributed by atoms with Gasteiger partial charge in [0.2, 0.25) is 0 Å². The molecule has 0 aromatic heterocycles. The molecule has 2 rings (SSSR count). The van der Waals surface area contributed by atoms with Crippen molar-refractivity contribution in [3.05, 3.63) is 59.7 Å². The molecule has 0 spiro atoms. The van der Waals surface area contributed by atoms with E-state index in [-0.39, 0.29) is 0 Å². The van der Waals surface area contributed by atoms with Crippen LogP contribution in [0.25, 0.3) is 11.1 Å². The lowest BCUT2D eigenvalue weighted by Gasteiger charge is -2.07. The Labute approximate surface area is 150 Å². The monoisotopic (exact) mass is 344 g/mol. The summed E-state index contributed by atoms with van der Waals surface area (Å²) in [7, 11) is 0. The van der Waals surface area contributed by atoms with Crippen molar-refractivity contribution in [2.75, 3.05) is 11.5 Å². The minimum atomic E-state index is 0.772. The summed E-state index contributed by atoms with van der Waals surface area (Å²) >= 11 is 4.04. The van der Waals surface area contributed by atoms with Gasteiger partial charge in [0.1, 0.15) is 0 Å². The van der Waals surface area contributed by atoms with Crippen molar-refractivity contribution in [2.45, 2.75) is 38.7 Å². The predicted molar refractivity (Wildman–Crippen MR) is 109 cm³/mol. The Bertz CT molecular complexity index is 555. The van der Waals surface area contributed by atoms with Gasteiger partial charge >= 0.3 is 0 Å². The highest BCUT2D eigenvalue weighted by molar-refractivity contribution is 7.98. The van der Waals surface area contributed by atoms with Gasteiger partial charge in [0.15, 0.2) is 0 Å². The lowest BCUT2D eigenvalue weighted by Crippen LogP contribution is -1.91. The van der Waals surface area contributed by atoms with Gasteiger partial charge in [-0.15, -0.1) is 0 Å². The van der Waals surface area contributed by atoms with Crippen molar-refractivity contribution in [3.8, 4) is 11.1 Å². The number of hydrogen-bond acceptors (Lipinski definition) is 2. The minimum Gasteiger partial charge on any atom is -0.157 e. The van der Waals surface area contributed by atoms with Crippen molar-refractivity contribution in [1.29, 1.82) is 0 Å². The van der Waals surface area contributed by atoms with E-state index in [2.05, 4.69) is 69.3 Å². The molecule has 0 fully saturated rings. The van der Waals surface area contributed by atoms with E-state index in [1.54, 1.807) is 0 Å². The van der Waals surface area contributed by atoms with Crippen LogP contribution in [0.4, 0.5) is 0 Å². The molecule has 0 atom stereocenters. The van der Waals surface area contributed by atoms with Crippen molar-refractivity contribution in [2.24, 2.45) is 5.92 Å².